The van der Waals surface area contributed by atoms with Gasteiger partial charge in [0.2, 0.25) is 0 Å². The van der Waals surface area contributed by atoms with Gasteiger partial charge < -0.3 is 10.4 Å². The zero-order valence-corrected chi connectivity index (χ0v) is 22.6. The largest absolute Gasteiger partial charge is 0.391 e. The van der Waals surface area contributed by atoms with Crippen LogP contribution in [0.1, 0.15) is 55.6 Å². The lowest BCUT2D eigenvalue weighted by molar-refractivity contribution is -0.169. The van der Waals surface area contributed by atoms with Crippen LogP contribution in [0.25, 0.3) is 11.3 Å². The number of aliphatic hydroxyl groups is 1. The molecule has 1 aliphatic rings. The number of carbonyl (C=O) groups is 1. The molecular formula is C24H29ClF5N3O4S. The Morgan fingerprint density at radius 3 is 2.29 bits per heavy atom. The Bertz CT molecular complexity index is 1280. The minimum absolute atomic E-state index is 0.0604. The molecule has 0 aliphatic heterocycles. The van der Waals surface area contributed by atoms with E-state index in [1.165, 1.54) is 0 Å². The molecule has 1 heterocycles. The van der Waals surface area contributed by atoms with E-state index in [4.69, 9.17) is 11.6 Å². The summed E-state index contributed by atoms with van der Waals surface area (Å²) in [6, 6.07) is 1.60. The number of nitrogens with zero attached hydrogens (tertiary/aromatic N) is 2. The summed E-state index contributed by atoms with van der Waals surface area (Å²) in [5.74, 6) is -4.95. The van der Waals surface area contributed by atoms with Crippen molar-refractivity contribution in [1.29, 1.82) is 0 Å². The van der Waals surface area contributed by atoms with Gasteiger partial charge in [-0.3, -0.25) is 9.48 Å². The number of sulfone groups is 1. The van der Waals surface area contributed by atoms with Gasteiger partial charge in [-0.25, -0.2) is 17.2 Å². The first kappa shape index (κ1) is 30.3. The number of halogens is 6. The van der Waals surface area contributed by atoms with Gasteiger partial charge in [0, 0.05) is 19.3 Å². The third-order valence-electron chi connectivity index (χ3n) is 6.90. The lowest BCUT2D eigenvalue weighted by atomic mass is 9.84. The first-order valence-electron chi connectivity index (χ1n) is 12.0. The summed E-state index contributed by atoms with van der Waals surface area (Å²) in [6.45, 7) is 2.34. The summed E-state index contributed by atoms with van der Waals surface area (Å²) in [4.78, 5) is 12.9. The van der Waals surface area contributed by atoms with Crippen LogP contribution in [0.4, 0.5) is 22.0 Å². The number of hydrogen-bond acceptors (Lipinski definition) is 5. The van der Waals surface area contributed by atoms with Gasteiger partial charge in [0.15, 0.2) is 5.69 Å². The first-order chi connectivity index (χ1) is 17.5. The summed E-state index contributed by atoms with van der Waals surface area (Å²) in [7, 11) is -3.25. The highest BCUT2D eigenvalue weighted by molar-refractivity contribution is 7.91. The molecule has 1 fully saturated rings. The summed E-state index contributed by atoms with van der Waals surface area (Å²) >= 11 is 6.34. The Balaban J connectivity index is 1.82. The summed E-state index contributed by atoms with van der Waals surface area (Å²) in [5, 5.41) is 16.4. The minimum Gasteiger partial charge on any atom is -0.388 e. The van der Waals surface area contributed by atoms with Crippen LogP contribution in [0.5, 0.6) is 0 Å². The molecule has 2 N–H and O–H groups in total. The second-order valence-electron chi connectivity index (χ2n) is 9.84. The molecule has 1 saturated carbocycles. The van der Waals surface area contributed by atoms with Crippen LogP contribution < -0.4 is 5.32 Å². The van der Waals surface area contributed by atoms with Crippen LogP contribution in [0.3, 0.4) is 0 Å². The molecule has 1 amide bonds. The van der Waals surface area contributed by atoms with E-state index >= 15 is 8.78 Å². The normalized spacial score (nSPS) is 21.4. The van der Waals surface area contributed by atoms with Gasteiger partial charge in [-0.2, -0.15) is 18.3 Å². The topological polar surface area (TPSA) is 101 Å². The van der Waals surface area contributed by atoms with E-state index < -0.39 is 62.3 Å². The van der Waals surface area contributed by atoms with Crippen molar-refractivity contribution < 1.29 is 40.3 Å². The molecule has 38 heavy (non-hydrogen) atoms. The minimum atomic E-state index is -4.53. The van der Waals surface area contributed by atoms with E-state index in [-0.39, 0.29) is 60.7 Å². The molecule has 2 aromatic rings. The molecule has 0 unspecified atom stereocenters. The number of alkyl halides is 3. The van der Waals surface area contributed by atoms with Crippen molar-refractivity contribution in [2.24, 2.45) is 5.92 Å². The molecule has 1 aromatic carbocycles. The van der Waals surface area contributed by atoms with Crippen molar-refractivity contribution in [1.82, 2.24) is 15.1 Å². The first-order valence-corrected chi connectivity index (χ1v) is 14.3. The van der Waals surface area contributed by atoms with Crippen molar-refractivity contribution in [3.8, 4) is 11.3 Å². The maximum absolute atomic E-state index is 15.0. The standard InChI is InChI=1S/C24H29ClF5N3O4S/c1-4-33-21(18-16(26)10-14(11-17(18)27)9-13(2)24(28,29)30)19(25)20(32-33)22(34)31-12-23(35)7-5-15(6-8-23)38(3,36)37/h10-11,13,15,35H,4-9,12H2,1-3H3,(H,31,34)/t13-,15?,23?/m0/s1. The second kappa shape index (κ2) is 11.1. The molecule has 3 rings (SSSR count). The van der Waals surface area contributed by atoms with Gasteiger partial charge in [0.05, 0.1) is 33.0 Å². The lowest BCUT2D eigenvalue weighted by Gasteiger charge is -2.35. The lowest BCUT2D eigenvalue weighted by Crippen LogP contribution is -2.47. The van der Waals surface area contributed by atoms with Crippen LogP contribution >= 0.6 is 11.6 Å². The van der Waals surface area contributed by atoms with Gasteiger partial charge in [-0.15, -0.1) is 0 Å². The monoisotopic (exact) mass is 585 g/mol. The fraction of sp³-hybridized carbons (Fsp3) is 0.583. The van der Waals surface area contributed by atoms with E-state index in [2.05, 4.69) is 10.4 Å². The highest BCUT2D eigenvalue weighted by Gasteiger charge is 2.38. The predicted molar refractivity (Wildman–Crippen MR) is 132 cm³/mol. The Morgan fingerprint density at radius 2 is 1.82 bits per heavy atom. The number of carbonyl (C=O) groups excluding carboxylic acids is 1. The number of nitrogens with one attached hydrogen (secondary N) is 1. The van der Waals surface area contributed by atoms with Crippen LogP contribution in [0, 0.1) is 17.6 Å². The number of benzene rings is 1. The summed E-state index contributed by atoms with van der Waals surface area (Å²) in [5.41, 5.74) is -2.78. The van der Waals surface area contributed by atoms with Crippen LogP contribution in [0.15, 0.2) is 12.1 Å². The number of amides is 1. The van der Waals surface area contributed by atoms with Crippen LogP contribution in [0.2, 0.25) is 5.02 Å². The molecule has 14 heteroatoms. The number of hydrogen-bond donors (Lipinski definition) is 2. The molecule has 1 aromatic heterocycles. The third kappa shape index (κ3) is 6.66. The van der Waals surface area contributed by atoms with Gasteiger partial charge >= 0.3 is 6.18 Å². The zero-order chi connectivity index (χ0) is 28.6. The highest BCUT2D eigenvalue weighted by atomic mass is 35.5. The Morgan fingerprint density at radius 1 is 1.26 bits per heavy atom. The quantitative estimate of drug-likeness (QED) is 0.438. The van der Waals surface area contributed by atoms with Crippen molar-refractivity contribution in [2.75, 3.05) is 12.8 Å². The Hall–Kier alpha value is -2.25. The van der Waals surface area contributed by atoms with Crippen molar-refractivity contribution in [3.05, 3.63) is 40.0 Å². The fourth-order valence-corrected chi connectivity index (χ4v) is 5.96. The molecule has 0 bridgehead atoms. The number of aryl methyl sites for hydroxylation is 1. The molecule has 1 atom stereocenters. The number of rotatable bonds is 8. The van der Waals surface area contributed by atoms with E-state index in [0.717, 1.165) is 30.0 Å². The Labute approximate surface area is 222 Å². The third-order valence-corrected chi connectivity index (χ3v) is 8.94. The SMILES string of the molecule is CCn1nc(C(=O)NCC2(O)CCC(S(C)(=O)=O)CC2)c(Cl)c1-c1c(F)cc(C[C@H](C)C(F)(F)F)cc1F. The molecule has 0 radical (unpaired) electrons. The average molecular weight is 586 g/mol. The zero-order valence-electron chi connectivity index (χ0n) is 21.0. The number of aromatic nitrogens is 2. The van der Waals surface area contributed by atoms with Crippen LogP contribution in [-0.2, 0) is 22.8 Å². The molecule has 0 spiro atoms. The van der Waals surface area contributed by atoms with Gasteiger partial charge in [0.25, 0.3) is 5.91 Å². The summed E-state index contributed by atoms with van der Waals surface area (Å²) in [6.07, 6.45) is -3.27. The van der Waals surface area contributed by atoms with Crippen molar-refractivity contribution in [2.45, 2.75) is 69.5 Å². The van der Waals surface area contributed by atoms with Gasteiger partial charge in [-0.1, -0.05) is 18.5 Å². The fourth-order valence-electron chi connectivity index (χ4n) is 4.55. The highest BCUT2D eigenvalue weighted by Crippen LogP contribution is 2.37. The van der Waals surface area contributed by atoms with E-state index in [1.54, 1.807) is 6.92 Å². The molecule has 212 valence electrons. The molecule has 7 nitrogen and oxygen atoms in total. The van der Waals surface area contributed by atoms with Crippen molar-refractivity contribution in [3.63, 3.8) is 0 Å². The van der Waals surface area contributed by atoms with E-state index in [0.29, 0.717) is 0 Å². The smallest absolute Gasteiger partial charge is 0.388 e. The van der Waals surface area contributed by atoms with E-state index in [9.17, 15) is 31.5 Å². The predicted octanol–water partition coefficient (Wildman–Crippen LogP) is 4.69. The maximum Gasteiger partial charge on any atom is 0.391 e. The Kier molecular flexibility index (Phi) is 8.84. The second-order valence-corrected chi connectivity index (χ2v) is 12.5. The van der Waals surface area contributed by atoms with Crippen molar-refractivity contribution >= 4 is 27.3 Å². The average Bonchev–Trinajstić information content (AvgIpc) is 3.12. The molecular weight excluding hydrogens is 557 g/mol. The molecule has 1 aliphatic carbocycles. The van der Waals surface area contributed by atoms with Crippen LogP contribution in [-0.4, -0.2) is 59.0 Å². The summed E-state index contributed by atoms with van der Waals surface area (Å²) < 4.78 is 93.3. The molecule has 0 saturated heterocycles. The van der Waals surface area contributed by atoms with Gasteiger partial charge in [-0.05, 0) is 56.7 Å². The maximum atomic E-state index is 15.0. The van der Waals surface area contributed by atoms with E-state index in [1.807, 2.05) is 0 Å². The van der Waals surface area contributed by atoms with Gasteiger partial charge in [0.1, 0.15) is 21.5 Å².